The smallest absolute Gasteiger partial charge is 0.408 e. The molecule has 2 aromatic rings. The Hall–Kier alpha value is -3.41. The number of nitrogens with one attached hydrogen (secondary N) is 2. The topological polar surface area (TPSA) is 104 Å². The summed E-state index contributed by atoms with van der Waals surface area (Å²) in [5.74, 6) is -0.395. The fourth-order valence-electron chi connectivity index (χ4n) is 4.87. The van der Waals surface area contributed by atoms with Gasteiger partial charge in [0.2, 0.25) is 5.91 Å². The average Bonchev–Trinajstić information content (AvgIpc) is 3.22. The molecular formula is C29H36N4O4. The molecule has 2 amide bonds. The van der Waals surface area contributed by atoms with Crippen molar-refractivity contribution in [3.05, 3.63) is 59.2 Å². The van der Waals surface area contributed by atoms with Crippen molar-refractivity contribution >= 4 is 12.0 Å². The van der Waals surface area contributed by atoms with Gasteiger partial charge in [0.1, 0.15) is 17.2 Å². The van der Waals surface area contributed by atoms with Gasteiger partial charge in [0.05, 0.1) is 6.07 Å². The summed E-state index contributed by atoms with van der Waals surface area (Å²) in [5.41, 5.74) is 4.09. The third-order valence-electron chi connectivity index (χ3n) is 6.80. The fraction of sp³-hybridized carbons (Fsp3) is 0.483. The number of hydrogen-bond donors (Lipinski definition) is 2. The molecule has 0 radical (unpaired) electrons. The van der Waals surface area contributed by atoms with Gasteiger partial charge in [0.15, 0.2) is 0 Å². The van der Waals surface area contributed by atoms with Crippen LogP contribution in [0.5, 0.6) is 0 Å². The first-order valence-electron chi connectivity index (χ1n) is 12.8. The van der Waals surface area contributed by atoms with Gasteiger partial charge in [0.25, 0.3) is 0 Å². The number of fused-ring (bicyclic) bond motifs is 1. The van der Waals surface area contributed by atoms with E-state index < -0.39 is 29.2 Å². The summed E-state index contributed by atoms with van der Waals surface area (Å²) in [7, 11) is 2.12. The molecule has 0 aliphatic carbocycles. The Morgan fingerprint density at radius 1 is 1.08 bits per heavy atom. The summed E-state index contributed by atoms with van der Waals surface area (Å²) in [6.07, 6.45) is 0.311. The Morgan fingerprint density at radius 3 is 2.38 bits per heavy atom. The number of nitrogens with zero attached hydrogens (tertiary/aromatic N) is 2. The summed E-state index contributed by atoms with van der Waals surface area (Å²) < 4.78 is 10.8. The van der Waals surface area contributed by atoms with Gasteiger partial charge in [-0.15, -0.1) is 0 Å². The lowest BCUT2D eigenvalue weighted by Crippen LogP contribution is -2.63. The first-order chi connectivity index (χ1) is 17.6. The van der Waals surface area contributed by atoms with Crippen molar-refractivity contribution in [3.63, 3.8) is 0 Å². The van der Waals surface area contributed by atoms with Crippen molar-refractivity contribution in [1.29, 1.82) is 5.26 Å². The number of ether oxygens (including phenoxy) is 2. The van der Waals surface area contributed by atoms with Crippen LogP contribution in [0.3, 0.4) is 0 Å². The van der Waals surface area contributed by atoms with E-state index in [0.717, 1.165) is 24.2 Å². The van der Waals surface area contributed by atoms with Crippen LogP contribution in [-0.4, -0.2) is 54.3 Å². The molecule has 0 spiro atoms. The van der Waals surface area contributed by atoms with Gasteiger partial charge in [-0.05, 0) is 61.7 Å². The number of nitriles is 1. The first kappa shape index (κ1) is 26.6. The van der Waals surface area contributed by atoms with E-state index in [-0.39, 0.29) is 0 Å². The second-order valence-electron chi connectivity index (χ2n) is 11.0. The van der Waals surface area contributed by atoms with Gasteiger partial charge >= 0.3 is 6.09 Å². The highest BCUT2D eigenvalue weighted by atomic mass is 16.6. The molecule has 2 N–H and O–H groups in total. The zero-order valence-electron chi connectivity index (χ0n) is 22.1. The fourth-order valence-corrected chi connectivity index (χ4v) is 4.87. The van der Waals surface area contributed by atoms with E-state index >= 15 is 0 Å². The molecule has 196 valence electrons. The minimum atomic E-state index is -1.18. The zero-order chi connectivity index (χ0) is 26.6. The summed E-state index contributed by atoms with van der Waals surface area (Å²) in [5, 5.41) is 15.4. The molecule has 2 aliphatic rings. The van der Waals surface area contributed by atoms with Crippen LogP contribution in [0, 0.1) is 11.3 Å². The Balaban J connectivity index is 1.41. The average molecular weight is 505 g/mol. The molecule has 1 saturated heterocycles. The molecule has 2 aliphatic heterocycles. The first-order valence-corrected chi connectivity index (χ1v) is 12.8. The normalized spacial score (nSPS) is 17.8. The second-order valence-corrected chi connectivity index (χ2v) is 11.0. The van der Waals surface area contributed by atoms with Gasteiger partial charge in [-0.2, -0.15) is 5.26 Å². The maximum atomic E-state index is 13.3. The molecule has 0 saturated carbocycles. The van der Waals surface area contributed by atoms with E-state index in [1.54, 1.807) is 20.8 Å². The molecule has 0 bridgehead atoms. The van der Waals surface area contributed by atoms with Crippen molar-refractivity contribution in [1.82, 2.24) is 15.5 Å². The number of carbonyl (C=O) groups is 2. The van der Waals surface area contributed by atoms with E-state index in [4.69, 9.17) is 9.47 Å². The summed E-state index contributed by atoms with van der Waals surface area (Å²) in [6, 6.07) is 16.1. The van der Waals surface area contributed by atoms with Crippen molar-refractivity contribution in [2.45, 2.75) is 70.3 Å². The predicted molar refractivity (Wildman–Crippen MR) is 140 cm³/mol. The quantitative estimate of drug-likeness (QED) is 0.618. The highest BCUT2D eigenvalue weighted by Crippen LogP contribution is 2.28. The molecule has 2 heterocycles. The monoisotopic (exact) mass is 504 g/mol. The Kier molecular flexibility index (Phi) is 7.86. The standard InChI is InChI=1S/C29H36N4O4/c1-28(2,3)37-27(35)32-29(11-13-36-14-12-29)26(34)31-25(17-30)15-20-5-7-21(8-6-20)22-9-10-23-18-33(4)19-24(23)16-22/h5-10,16,25H,11-15,18-19H2,1-4H3,(H,31,34)(H,32,35). The van der Waals surface area contributed by atoms with Crippen molar-refractivity contribution in [2.24, 2.45) is 0 Å². The minimum Gasteiger partial charge on any atom is -0.444 e. The lowest BCUT2D eigenvalue weighted by atomic mass is 9.88. The number of alkyl carbamates (subject to hydrolysis) is 1. The second kappa shape index (κ2) is 10.9. The number of amides is 2. The predicted octanol–water partition coefficient (Wildman–Crippen LogP) is 3.92. The Labute approximate surface area is 218 Å². The van der Waals surface area contributed by atoms with E-state index in [1.807, 2.05) is 12.1 Å². The molecule has 4 rings (SSSR count). The highest BCUT2D eigenvalue weighted by molar-refractivity contribution is 5.90. The van der Waals surface area contributed by atoms with E-state index in [0.29, 0.717) is 32.5 Å². The van der Waals surface area contributed by atoms with Crippen LogP contribution in [0.2, 0.25) is 0 Å². The van der Waals surface area contributed by atoms with Crippen molar-refractivity contribution in [3.8, 4) is 17.2 Å². The number of carbonyl (C=O) groups excluding carboxylic acids is 2. The van der Waals surface area contributed by atoms with Crippen LogP contribution in [0.1, 0.15) is 50.3 Å². The molecular weight excluding hydrogens is 468 g/mol. The molecule has 1 atom stereocenters. The van der Waals surface area contributed by atoms with Gasteiger partial charge in [-0.25, -0.2) is 4.79 Å². The minimum absolute atomic E-state index is 0.307. The third kappa shape index (κ3) is 6.68. The van der Waals surface area contributed by atoms with Crippen LogP contribution in [0.4, 0.5) is 4.79 Å². The van der Waals surface area contributed by atoms with Gasteiger partial charge < -0.3 is 20.1 Å². The van der Waals surface area contributed by atoms with Crippen LogP contribution in [0.25, 0.3) is 11.1 Å². The van der Waals surface area contributed by atoms with Crippen LogP contribution < -0.4 is 10.6 Å². The maximum Gasteiger partial charge on any atom is 0.408 e. The summed E-state index contributed by atoms with van der Waals surface area (Å²) in [4.78, 5) is 28.1. The number of hydrogen-bond acceptors (Lipinski definition) is 6. The summed E-state index contributed by atoms with van der Waals surface area (Å²) >= 11 is 0. The molecule has 8 heteroatoms. The lowest BCUT2D eigenvalue weighted by Gasteiger charge is -2.37. The van der Waals surface area contributed by atoms with Crippen LogP contribution in [0.15, 0.2) is 42.5 Å². The van der Waals surface area contributed by atoms with Gasteiger partial charge in [-0.3, -0.25) is 9.69 Å². The number of benzene rings is 2. The van der Waals surface area contributed by atoms with Gasteiger partial charge in [-0.1, -0.05) is 36.4 Å². The molecule has 2 aromatic carbocycles. The molecule has 1 fully saturated rings. The van der Waals surface area contributed by atoms with Crippen molar-refractivity contribution in [2.75, 3.05) is 20.3 Å². The largest absolute Gasteiger partial charge is 0.444 e. The zero-order valence-corrected chi connectivity index (χ0v) is 22.1. The molecule has 37 heavy (non-hydrogen) atoms. The van der Waals surface area contributed by atoms with E-state index in [2.05, 4.69) is 59.0 Å². The molecule has 1 unspecified atom stereocenters. The SMILES string of the molecule is CN1Cc2ccc(-c3ccc(CC(C#N)NC(=O)C4(NC(=O)OC(C)(C)C)CCOCC4)cc3)cc2C1. The van der Waals surface area contributed by atoms with E-state index in [1.165, 1.54) is 16.7 Å². The number of rotatable bonds is 6. The van der Waals surface area contributed by atoms with Crippen LogP contribution in [-0.2, 0) is 33.8 Å². The van der Waals surface area contributed by atoms with Gasteiger partial charge in [0, 0.05) is 45.6 Å². The summed E-state index contributed by atoms with van der Waals surface area (Å²) in [6.45, 7) is 7.91. The maximum absolute atomic E-state index is 13.3. The highest BCUT2D eigenvalue weighted by Gasteiger charge is 2.43. The molecule has 8 nitrogen and oxygen atoms in total. The van der Waals surface area contributed by atoms with Crippen molar-refractivity contribution < 1.29 is 19.1 Å². The third-order valence-corrected chi connectivity index (χ3v) is 6.80. The Morgan fingerprint density at radius 2 is 1.73 bits per heavy atom. The Bertz CT molecular complexity index is 1170. The van der Waals surface area contributed by atoms with Crippen LogP contribution >= 0.6 is 0 Å². The van der Waals surface area contributed by atoms with E-state index in [9.17, 15) is 14.9 Å². The molecule has 0 aromatic heterocycles. The lowest BCUT2D eigenvalue weighted by molar-refractivity contribution is -0.132.